The van der Waals surface area contributed by atoms with E-state index in [4.69, 9.17) is 25.7 Å². The van der Waals surface area contributed by atoms with Crippen LogP contribution in [-0.2, 0) is 0 Å². The van der Waals surface area contributed by atoms with Crippen molar-refractivity contribution < 1.29 is 0 Å². The maximum atomic E-state index is 6.62. The van der Waals surface area contributed by atoms with Crippen LogP contribution in [0.25, 0.3) is 167 Å². The van der Waals surface area contributed by atoms with Crippen molar-refractivity contribution in [1.82, 2.24) is 19.9 Å². The molecule has 5 nitrogen and oxygen atoms in total. The van der Waals surface area contributed by atoms with Crippen LogP contribution in [0.4, 0.5) is 5.69 Å². The number of rotatable bonds is 15. The minimum Gasteiger partial charge on any atom is -0.399 e. The molecule has 0 radical (unpaired) electrons. The van der Waals surface area contributed by atoms with E-state index in [0.717, 1.165) is 167 Å². The van der Waals surface area contributed by atoms with Gasteiger partial charge in [0.1, 0.15) is 0 Å². The Bertz CT molecular complexity index is 4840. The number of benzene rings is 12. The van der Waals surface area contributed by atoms with Gasteiger partial charge in [-0.15, -0.1) is 0 Å². The number of hydrogen-bond acceptors (Lipinski definition) is 5. The van der Waals surface area contributed by atoms with E-state index in [1.807, 2.05) is 61.2 Å². The molecule has 456 valence electrons. The van der Waals surface area contributed by atoms with Gasteiger partial charge in [0.05, 0.1) is 22.8 Å². The predicted octanol–water partition coefficient (Wildman–Crippen LogP) is 23.9. The number of hydrogen-bond donors (Lipinski definition) is 1. The summed E-state index contributed by atoms with van der Waals surface area (Å²) in [7, 11) is 0. The maximum absolute atomic E-state index is 6.62. The molecule has 0 aliphatic carbocycles. The molecule has 4 heterocycles. The zero-order valence-corrected chi connectivity index (χ0v) is 53.1. The van der Waals surface area contributed by atoms with E-state index in [1.54, 1.807) is 0 Å². The fourth-order valence-corrected chi connectivity index (χ4v) is 13.5. The minimum absolute atomic E-state index is 0.688. The quantitative estimate of drug-likeness (QED) is 0.104. The number of nitrogens with zero attached hydrogens (tertiary/aromatic N) is 4. The summed E-state index contributed by atoms with van der Waals surface area (Å²) >= 11 is 0. The number of anilines is 1. The zero-order chi connectivity index (χ0) is 64.9. The van der Waals surface area contributed by atoms with Gasteiger partial charge >= 0.3 is 0 Å². The molecular weight excluding hydrogens is 1180 g/mol. The topological polar surface area (TPSA) is 77.6 Å². The Morgan fingerprint density at radius 3 is 0.598 bits per heavy atom. The van der Waals surface area contributed by atoms with Crippen molar-refractivity contribution >= 4 is 5.69 Å². The van der Waals surface area contributed by atoms with Gasteiger partial charge in [0, 0.05) is 75.0 Å². The van der Waals surface area contributed by atoms with Gasteiger partial charge in [0.25, 0.3) is 0 Å². The van der Waals surface area contributed by atoms with Gasteiger partial charge in [0.2, 0.25) is 0 Å². The normalized spacial score (nSPS) is 11.1. The van der Waals surface area contributed by atoms with E-state index in [2.05, 4.69) is 309 Å². The summed E-state index contributed by atoms with van der Waals surface area (Å²) in [5.41, 5.74) is 38.6. The largest absolute Gasteiger partial charge is 0.399 e. The van der Waals surface area contributed by atoms with E-state index >= 15 is 0 Å². The lowest BCUT2D eigenvalue weighted by atomic mass is 9.83. The van der Waals surface area contributed by atoms with Crippen molar-refractivity contribution in [2.75, 3.05) is 5.73 Å². The van der Waals surface area contributed by atoms with Gasteiger partial charge in [0.15, 0.2) is 0 Å². The highest BCUT2D eigenvalue weighted by Crippen LogP contribution is 2.48. The minimum atomic E-state index is 0.688. The molecule has 0 aliphatic rings. The predicted molar refractivity (Wildman–Crippen MR) is 404 cm³/mol. The Balaban J connectivity index is 0.908. The fourth-order valence-electron chi connectivity index (χ4n) is 13.5. The van der Waals surface area contributed by atoms with Gasteiger partial charge < -0.3 is 5.73 Å². The second-order valence-corrected chi connectivity index (χ2v) is 24.3. The molecule has 16 rings (SSSR count). The Kier molecular flexibility index (Phi) is 16.2. The SMILES string of the molecule is Nc1ccc(-c2c(-c3cc(-c4ccccc4-c4ccc(-c5ccccc5)nc4)cc(-c4ccccc4-c4ccc(-c5ccccc5)nc4)c3)cccc2-c2cc(-c3ccccc3-c3ccc(-c4ccccc4)nc3)cc(-c3ccccc3-c3ccc(-c4ccccc4)nc3)c2)cc1. The summed E-state index contributed by atoms with van der Waals surface area (Å²) in [5, 5.41) is 0. The van der Waals surface area contributed by atoms with Crippen LogP contribution >= 0.6 is 0 Å². The van der Waals surface area contributed by atoms with Gasteiger partial charge in [-0.25, -0.2) is 0 Å². The summed E-state index contributed by atoms with van der Waals surface area (Å²) in [6.07, 6.45) is 8.02. The first-order valence-electron chi connectivity index (χ1n) is 32.7. The second-order valence-electron chi connectivity index (χ2n) is 24.3. The molecule has 0 unspecified atom stereocenters. The van der Waals surface area contributed by atoms with Crippen molar-refractivity contribution in [2.45, 2.75) is 0 Å². The third kappa shape index (κ3) is 12.2. The summed E-state index contributed by atoms with van der Waals surface area (Å²) in [5.74, 6) is 0. The van der Waals surface area contributed by atoms with Crippen LogP contribution < -0.4 is 5.73 Å². The molecule has 0 atom stereocenters. The molecule has 0 aliphatic heterocycles. The van der Waals surface area contributed by atoms with Gasteiger partial charge in [-0.2, -0.15) is 0 Å². The maximum Gasteiger partial charge on any atom is 0.0702 e. The molecule has 4 aromatic heterocycles. The summed E-state index contributed by atoms with van der Waals surface area (Å²) < 4.78 is 0. The first-order valence-corrected chi connectivity index (χ1v) is 32.7. The molecule has 0 saturated carbocycles. The lowest BCUT2D eigenvalue weighted by Gasteiger charge is -2.21. The second kappa shape index (κ2) is 26.6. The molecule has 12 aromatic carbocycles. The van der Waals surface area contributed by atoms with Crippen molar-refractivity contribution in [3.63, 3.8) is 0 Å². The summed E-state index contributed by atoms with van der Waals surface area (Å²) in [4.78, 5) is 20.2. The van der Waals surface area contributed by atoms with Crippen LogP contribution in [0.15, 0.2) is 371 Å². The molecule has 0 amide bonds. The molecule has 16 aromatic rings. The third-order valence-corrected chi connectivity index (χ3v) is 18.3. The molecule has 97 heavy (non-hydrogen) atoms. The first-order chi connectivity index (χ1) is 48.0. The Hall–Kier alpha value is -13.0. The molecule has 0 bridgehead atoms. The Morgan fingerprint density at radius 1 is 0.155 bits per heavy atom. The lowest BCUT2D eigenvalue weighted by Crippen LogP contribution is -1.96. The van der Waals surface area contributed by atoms with Crippen LogP contribution in [0.3, 0.4) is 0 Å². The average molecular weight is 1240 g/mol. The highest BCUT2D eigenvalue weighted by atomic mass is 14.7. The highest BCUT2D eigenvalue weighted by Gasteiger charge is 2.22. The van der Waals surface area contributed by atoms with Crippen LogP contribution in [-0.4, -0.2) is 19.9 Å². The van der Waals surface area contributed by atoms with Gasteiger partial charge in [-0.05, 0) is 173 Å². The lowest BCUT2D eigenvalue weighted by molar-refractivity contribution is 1.32. The van der Waals surface area contributed by atoms with E-state index in [-0.39, 0.29) is 0 Å². The summed E-state index contributed by atoms with van der Waals surface area (Å²) in [6, 6.07) is 123. The summed E-state index contributed by atoms with van der Waals surface area (Å²) in [6.45, 7) is 0. The van der Waals surface area contributed by atoms with Gasteiger partial charge in [-0.3, -0.25) is 19.9 Å². The monoisotopic (exact) mass is 1240 g/mol. The zero-order valence-electron chi connectivity index (χ0n) is 53.1. The highest BCUT2D eigenvalue weighted by molar-refractivity contribution is 6.01. The molecule has 2 N–H and O–H groups in total. The Labute approximate surface area is 566 Å². The van der Waals surface area contributed by atoms with E-state index in [0.29, 0.717) is 5.69 Å². The number of aromatic nitrogens is 4. The standard InChI is InChI=1S/C92H63N5/c93-77-46-40-66(41-47-77)92-86(75-54-71(82-34-17-13-30-78(82)67-42-48-88(94-58-67)62-22-5-1-6-23-62)52-72(55-75)83-35-18-14-31-79(83)68-43-49-89(95-59-68)63-24-7-2-8-25-63)38-21-39-87(92)76-56-73(84-36-19-15-32-80(84)69-44-50-90(96-60-69)64-26-9-3-10-27-64)53-74(57-76)85-37-20-16-33-81(85)70-45-51-91(97-61-70)65-28-11-4-12-29-65/h1-61H,93H2. The van der Waals surface area contributed by atoms with Crippen LogP contribution in [0.1, 0.15) is 0 Å². The molecule has 0 spiro atoms. The van der Waals surface area contributed by atoms with Crippen molar-refractivity contribution in [3.8, 4) is 167 Å². The van der Waals surface area contributed by atoms with Gasteiger partial charge in [-0.1, -0.05) is 273 Å². The van der Waals surface area contributed by atoms with E-state index in [9.17, 15) is 0 Å². The first kappa shape index (κ1) is 59.1. The number of nitrogen functional groups attached to an aromatic ring is 1. The number of nitrogens with two attached hydrogens (primary N) is 1. The van der Waals surface area contributed by atoms with E-state index < -0.39 is 0 Å². The number of pyridine rings is 4. The third-order valence-electron chi connectivity index (χ3n) is 18.3. The Morgan fingerprint density at radius 2 is 0.361 bits per heavy atom. The van der Waals surface area contributed by atoms with Crippen LogP contribution in [0.2, 0.25) is 0 Å². The van der Waals surface area contributed by atoms with Crippen molar-refractivity contribution in [1.29, 1.82) is 0 Å². The van der Waals surface area contributed by atoms with Crippen molar-refractivity contribution in [2.24, 2.45) is 0 Å². The molecule has 0 saturated heterocycles. The average Bonchev–Trinajstić information content (AvgIpc) is 0.770. The molecule has 0 fully saturated rings. The molecular formula is C92H63N5. The van der Waals surface area contributed by atoms with E-state index in [1.165, 1.54) is 0 Å². The smallest absolute Gasteiger partial charge is 0.0702 e. The fraction of sp³-hybridized carbons (Fsp3) is 0. The van der Waals surface area contributed by atoms with Crippen molar-refractivity contribution in [3.05, 3.63) is 371 Å². The molecule has 5 heteroatoms. The van der Waals surface area contributed by atoms with Crippen LogP contribution in [0, 0.1) is 0 Å². The van der Waals surface area contributed by atoms with Crippen LogP contribution in [0.5, 0.6) is 0 Å².